The van der Waals surface area contributed by atoms with Crippen molar-refractivity contribution in [2.45, 2.75) is 45.2 Å². The molecule has 1 aromatic rings. The quantitative estimate of drug-likeness (QED) is 0.758. The fourth-order valence-electron chi connectivity index (χ4n) is 2.17. The van der Waals surface area contributed by atoms with Gasteiger partial charge in [0.1, 0.15) is 0 Å². The molecule has 0 spiro atoms. The second-order valence-electron chi connectivity index (χ2n) is 5.33. The first-order valence-corrected chi connectivity index (χ1v) is 7.27. The van der Waals surface area contributed by atoms with Crippen LogP contribution in [-0.2, 0) is 11.2 Å². The minimum absolute atomic E-state index is 0.0237. The van der Waals surface area contributed by atoms with Gasteiger partial charge in [-0.3, -0.25) is 4.79 Å². The molecule has 1 atom stereocenters. The summed E-state index contributed by atoms with van der Waals surface area (Å²) in [4.78, 5) is 14.1. The number of benzene rings is 1. The Bertz CT molecular complexity index is 393. The minimum Gasteiger partial charge on any atom is -0.396 e. The smallest absolute Gasteiger partial charge is 0.239 e. The Morgan fingerprint density at radius 1 is 1.30 bits per heavy atom. The first kappa shape index (κ1) is 16.7. The number of hydrogen-bond acceptors (Lipinski definition) is 3. The van der Waals surface area contributed by atoms with Gasteiger partial charge in [-0.1, -0.05) is 30.3 Å². The van der Waals surface area contributed by atoms with E-state index in [1.165, 1.54) is 5.56 Å². The molecule has 20 heavy (non-hydrogen) atoms. The van der Waals surface area contributed by atoms with Crippen molar-refractivity contribution < 1.29 is 9.90 Å². The molecule has 0 aliphatic heterocycles. The van der Waals surface area contributed by atoms with E-state index in [9.17, 15) is 4.79 Å². The molecule has 0 bridgehead atoms. The monoisotopic (exact) mass is 278 g/mol. The van der Waals surface area contributed by atoms with Gasteiger partial charge in [0, 0.05) is 19.2 Å². The van der Waals surface area contributed by atoms with Crippen molar-refractivity contribution in [2.75, 3.05) is 13.2 Å². The maximum atomic E-state index is 12.3. The molecule has 0 saturated carbocycles. The Kier molecular flexibility index (Phi) is 7.26. The van der Waals surface area contributed by atoms with Crippen LogP contribution in [0.1, 0.15) is 32.3 Å². The van der Waals surface area contributed by atoms with Crippen LogP contribution in [0.4, 0.5) is 0 Å². The number of carbonyl (C=O) groups excluding carboxylic acids is 1. The largest absolute Gasteiger partial charge is 0.396 e. The van der Waals surface area contributed by atoms with E-state index in [-0.39, 0.29) is 18.6 Å². The van der Waals surface area contributed by atoms with E-state index in [2.05, 4.69) is 0 Å². The van der Waals surface area contributed by atoms with Crippen molar-refractivity contribution in [1.29, 1.82) is 0 Å². The number of amides is 1. The highest BCUT2D eigenvalue weighted by Gasteiger charge is 2.22. The lowest BCUT2D eigenvalue weighted by Gasteiger charge is -2.29. The highest BCUT2D eigenvalue weighted by Crippen LogP contribution is 2.08. The second kappa shape index (κ2) is 8.72. The van der Waals surface area contributed by atoms with Crippen molar-refractivity contribution in [3.8, 4) is 0 Å². The highest BCUT2D eigenvalue weighted by atomic mass is 16.3. The molecule has 1 rings (SSSR count). The fourth-order valence-corrected chi connectivity index (χ4v) is 2.17. The molecule has 0 saturated heterocycles. The van der Waals surface area contributed by atoms with Crippen LogP contribution in [0.3, 0.4) is 0 Å². The van der Waals surface area contributed by atoms with E-state index in [0.717, 1.165) is 6.42 Å². The van der Waals surface area contributed by atoms with Gasteiger partial charge < -0.3 is 15.7 Å². The topological polar surface area (TPSA) is 66.6 Å². The first-order valence-electron chi connectivity index (χ1n) is 7.27. The Morgan fingerprint density at radius 2 is 1.95 bits per heavy atom. The van der Waals surface area contributed by atoms with Gasteiger partial charge in [0.15, 0.2) is 0 Å². The molecule has 0 radical (unpaired) electrons. The van der Waals surface area contributed by atoms with E-state index in [0.29, 0.717) is 19.4 Å². The number of nitrogens with zero attached hydrogens (tertiary/aromatic N) is 1. The summed E-state index contributed by atoms with van der Waals surface area (Å²) in [7, 11) is 0. The maximum Gasteiger partial charge on any atom is 0.239 e. The summed E-state index contributed by atoms with van der Waals surface area (Å²) in [5.41, 5.74) is 7.22. The SMILES string of the molecule is CC(C)N(CCCO)C(=O)C(N)CCc1ccccc1. The van der Waals surface area contributed by atoms with Gasteiger partial charge >= 0.3 is 0 Å². The lowest BCUT2D eigenvalue weighted by molar-refractivity contribution is -0.134. The molecule has 4 nitrogen and oxygen atoms in total. The van der Waals surface area contributed by atoms with Crippen molar-refractivity contribution in [1.82, 2.24) is 4.90 Å². The van der Waals surface area contributed by atoms with Gasteiger partial charge in [-0.2, -0.15) is 0 Å². The Balaban J connectivity index is 2.51. The Labute approximate surface area is 121 Å². The molecule has 0 fully saturated rings. The fraction of sp³-hybridized carbons (Fsp3) is 0.562. The van der Waals surface area contributed by atoms with E-state index >= 15 is 0 Å². The Hall–Kier alpha value is -1.39. The number of aliphatic hydroxyl groups excluding tert-OH is 1. The lowest BCUT2D eigenvalue weighted by atomic mass is 10.0. The summed E-state index contributed by atoms with van der Waals surface area (Å²) >= 11 is 0. The average molecular weight is 278 g/mol. The molecule has 0 aromatic heterocycles. The molecule has 1 unspecified atom stereocenters. The van der Waals surface area contributed by atoms with Gasteiger partial charge in [0.05, 0.1) is 6.04 Å². The number of hydrogen-bond donors (Lipinski definition) is 2. The van der Waals surface area contributed by atoms with E-state index in [4.69, 9.17) is 10.8 Å². The predicted octanol–water partition coefficient (Wildman–Crippen LogP) is 1.57. The standard InChI is InChI=1S/C16H26N2O2/c1-13(2)18(11-6-12-19)16(20)15(17)10-9-14-7-4-3-5-8-14/h3-5,7-8,13,15,19H,6,9-12,17H2,1-2H3. The third kappa shape index (κ3) is 5.31. The summed E-state index contributed by atoms with van der Waals surface area (Å²) < 4.78 is 0. The third-order valence-corrected chi connectivity index (χ3v) is 3.37. The van der Waals surface area contributed by atoms with Crippen LogP contribution < -0.4 is 5.73 Å². The molecule has 1 aromatic carbocycles. The van der Waals surface area contributed by atoms with Crippen LogP contribution in [0.2, 0.25) is 0 Å². The lowest BCUT2D eigenvalue weighted by Crippen LogP contribution is -2.47. The van der Waals surface area contributed by atoms with E-state index < -0.39 is 6.04 Å². The van der Waals surface area contributed by atoms with Gasteiger partial charge in [-0.05, 0) is 38.7 Å². The summed E-state index contributed by atoms with van der Waals surface area (Å²) in [6.07, 6.45) is 2.04. The van der Waals surface area contributed by atoms with Crippen LogP contribution in [0.25, 0.3) is 0 Å². The minimum atomic E-state index is -0.476. The summed E-state index contributed by atoms with van der Waals surface area (Å²) in [6.45, 7) is 4.60. The van der Waals surface area contributed by atoms with Crippen LogP contribution in [0, 0.1) is 0 Å². The molecule has 4 heteroatoms. The van der Waals surface area contributed by atoms with Crippen LogP contribution >= 0.6 is 0 Å². The molecule has 0 aliphatic carbocycles. The van der Waals surface area contributed by atoms with Gasteiger partial charge in [0.25, 0.3) is 0 Å². The summed E-state index contributed by atoms with van der Waals surface area (Å²) in [5, 5.41) is 8.90. The second-order valence-corrected chi connectivity index (χ2v) is 5.33. The molecular formula is C16H26N2O2. The number of rotatable bonds is 8. The molecule has 0 aliphatic rings. The average Bonchev–Trinajstić information content (AvgIpc) is 2.45. The maximum absolute atomic E-state index is 12.3. The molecule has 112 valence electrons. The molecule has 1 amide bonds. The molecule has 0 heterocycles. The predicted molar refractivity (Wildman–Crippen MR) is 81.3 cm³/mol. The zero-order chi connectivity index (χ0) is 15.0. The van der Waals surface area contributed by atoms with Crippen molar-refractivity contribution >= 4 is 5.91 Å². The van der Waals surface area contributed by atoms with Crippen LogP contribution in [0.5, 0.6) is 0 Å². The van der Waals surface area contributed by atoms with Gasteiger partial charge in [-0.25, -0.2) is 0 Å². The molecule has 3 N–H and O–H groups in total. The number of carbonyl (C=O) groups is 1. The van der Waals surface area contributed by atoms with E-state index in [1.54, 1.807) is 4.90 Å². The first-order chi connectivity index (χ1) is 9.56. The van der Waals surface area contributed by atoms with Gasteiger partial charge in [0.2, 0.25) is 5.91 Å². The van der Waals surface area contributed by atoms with Crippen LogP contribution in [0.15, 0.2) is 30.3 Å². The normalized spacial score (nSPS) is 12.4. The van der Waals surface area contributed by atoms with E-state index in [1.807, 2.05) is 44.2 Å². The highest BCUT2D eigenvalue weighted by molar-refractivity contribution is 5.81. The zero-order valence-corrected chi connectivity index (χ0v) is 12.5. The van der Waals surface area contributed by atoms with Crippen LogP contribution in [-0.4, -0.2) is 41.1 Å². The van der Waals surface area contributed by atoms with Crippen molar-refractivity contribution in [3.05, 3.63) is 35.9 Å². The van der Waals surface area contributed by atoms with Crippen molar-refractivity contribution in [2.24, 2.45) is 5.73 Å². The summed E-state index contributed by atoms with van der Waals surface area (Å²) in [5.74, 6) is -0.0237. The van der Waals surface area contributed by atoms with Gasteiger partial charge in [-0.15, -0.1) is 0 Å². The van der Waals surface area contributed by atoms with Crippen molar-refractivity contribution in [3.63, 3.8) is 0 Å². The zero-order valence-electron chi connectivity index (χ0n) is 12.5. The Morgan fingerprint density at radius 3 is 2.50 bits per heavy atom. The third-order valence-electron chi connectivity index (χ3n) is 3.37. The summed E-state index contributed by atoms with van der Waals surface area (Å²) in [6, 6.07) is 9.68. The number of aliphatic hydroxyl groups is 1. The number of nitrogens with two attached hydrogens (primary N) is 1. The number of aryl methyl sites for hydroxylation is 1. The molecular weight excluding hydrogens is 252 g/mol.